The molecular formula is C31H37NO4. The third kappa shape index (κ3) is 6.15. The smallest absolute Gasteiger partial charge is 0.333 e. The van der Waals surface area contributed by atoms with Crippen LogP contribution >= 0.6 is 0 Å². The van der Waals surface area contributed by atoms with E-state index in [1.54, 1.807) is 0 Å². The predicted octanol–water partition coefficient (Wildman–Crippen LogP) is 5.48. The molecule has 3 aromatic carbocycles. The van der Waals surface area contributed by atoms with E-state index in [0.29, 0.717) is 13.0 Å². The fraction of sp³-hybridized carbons (Fsp3) is 0.387. The van der Waals surface area contributed by atoms with E-state index in [-0.39, 0.29) is 6.04 Å². The van der Waals surface area contributed by atoms with E-state index in [1.807, 2.05) is 24.3 Å². The van der Waals surface area contributed by atoms with E-state index >= 15 is 0 Å². The van der Waals surface area contributed by atoms with Gasteiger partial charge < -0.3 is 14.6 Å². The summed E-state index contributed by atoms with van der Waals surface area (Å²) in [6, 6.07) is 23.7. The number of benzene rings is 3. The van der Waals surface area contributed by atoms with Crippen molar-refractivity contribution in [2.24, 2.45) is 0 Å². The summed E-state index contributed by atoms with van der Waals surface area (Å²) in [5.41, 5.74) is 8.00. The lowest BCUT2D eigenvalue weighted by Crippen LogP contribution is -2.30. The summed E-state index contributed by atoms with van der Waals surface area (Å²) in [7, 11) is 3.60. The highest BCUT2D eigenvalue weighted by atomic mass is 16.5. The summed E-state index contributed by atoms with van der Waals surface area (Å²) < 4.78 is 11.1. The van der Waals surface area contributed by atoms with Crippen LogP contribution < -0.4 is 4.74 Å². The molecule has 0 bridgehead atoms. The standard InChI is InChI=1S/C31H37NO4/c1-4-7-22-12-17-28-25(20-22)14-13-24-8-5-6-9-27(24)30(28)32(2)18-19-36-26-15-10-23(11-16-26)21-29(35-3)31(33)34/h5-6,8-12,15-17,20,29-30H,4,7,13-14,18-19,21H2,1-3H3,(H,33,34). The van der Waals surface area contributed by atoms with Gasteiger partial charge in [-0.2, -0.15) is 0 Å². The van der Waals surface area contributed by atoms with Crippen molar-refractivity contribution in [1.29, 1.82) is 0 Å². The van der Waals surface area contributed by atoms with Crippen LogP contribution in [0.25, 0.3) is 0 Å². The minimum Gasteiger partial charge on any atom is -0.492 e. The molecule has 0 saturated carbocycles. The van der Waals surface area contributed by atoms with Crippen molar-refractivity contribution in [3.8, 4) is 5.75 Å². The number of hydrogen-bond donors (Lipinski definition) is 1. The molecule has 2 unspecified atom stereocenters. The number of carboxylic acid groups (broad SMARTS) is 1. The number of likely N-dealkylation sites (N-methyl/N-ethyl adjacent to an activating group) is 1. The average molecular weight is 488 g/mol. The Bertz CT molecular complexity index is 1160. The number of aryl methyl sites for hydroxylation is 3. The van der Waals surface area contributed by atoms with Gasteiger partial charge in [0.2, 0.25) is 0 Å². The van der Waals surface area contributed by atoms with Crippen molar-refractivity contribution in [2.45, 2.75) is 51.2 Å². The fourth-order valence-electron chi connectivity index (χ4n) is 5.17. The third-order valence-electron chi connectivity index (χ3n) is 7.11. The lowest BCUT2D eigenvalue weighted by Gasteiger charge is -2.30. The molecule has 0 aromatic heterocycles. The third-order valence-corrected chi connectivity index (χ3v) is 7.11. The number of fused-ring (bicyclic) bond motifs is 2. The molecule has 5 nitrogen and oxygen atoms in total. The van der Waals surface area contributed by atoms with E-state index in [9.17, 15) is 9.90 Å². The zero-order valence-electron chi connectivity index (χ0n) is 21.6. The highest BCUT2D eigenvalue weighted by Crippen LogP contribution is 2.36. The molecule has 2 atom stereocenters. The van der Waals surface area contributed by atoms with Gasteiger partial charge in [-0.3, -0.25) is 4.90 Å². The average Bonchev–Trinajstić information content (AvgIpc) is 3.05. The molecule has 0 fully saturated rings. The molecule has 5 heteroatoms. The summed E-state index contributed by atoms with van der Waals surface area (Å²) in [4.78, 5) is 13.6. The van der Waals surface area contributed by atoms with Crippen molar-refractivity contribution in [3.05, 3.63) is 100 Å². The van der Waals surface area contributed by atoms with Crippen LogP contribution in [0.1, 0.15) is 52.8 Å². The van der Waals surface area contributed by atoms with Crippen molar-refractivity contribution >= 4 is 5.97 Å². The first kappa shape index (κ1) is 25.9. The molecule has 1 N–H and O–H groups in total. The Balaban J connectivity index is 1.45. The zero-order chi connectivity index (χ0) is 25.5. The van der Waals surface area contributed by atoms with E-state index in [1.165, 1.54) is 34.9 Å². The molecule has 0 spiro atoms. The van der Waals surface area contributed by atoms with Crippen LogP contribution in [0, 0.1) is 0 Å². The molecule has 0 radical (unpaired) electrons. The van der Waals surface area contributed by atoms with Crippen LogP contribution in [0.3, 0.4) is 0 Å². The van der Waals surface area contributed by atoms with E-state index in [0.717, 1.165) is 43.5 Å². The number of aliphatic carboxylic acids is 1. The highest BCUT2D eigenvalue weighted by Gasteiger charge is 2.27. The molecular weight excluding hydrogens is 450 g/mol. The maximum absolute atomic E-state index is 11.2. The first-order valence-corrected chi connectivity index (χ1v) is 12.9. The van der Waals surface area contributed by atoms with Gasteiger partial charge in [-0.1, -0.05) is 67.9 Å². The minimum atomic E-state index is -0.955. The summed E-state index contributed by atoms with van der Waals surface area (Å²) in [5.74, 6) is -0.175. The first-order valence-electron chi connectivity index (χ1n) is 12.9. The molecule has 36 heavy (non-hydrogen) atoms. The molecule has 1 aliphatic rings. The number of carboxylic acids is 1. The first-order chi connectivity index (χ1) is 17.5. The van der Waals surface area contributed by atoms with Crippen molar-refractivity contribution in [2.75, 3.05) is 27.3 Å². The van der Waals surface area contributed by atoms with Crippen molar-refractivity contribution < 1.29 is 19.4 Å². The van der Waals surface area contributed by atoms with E-state index in [4.69, 9.17) is 9.47 Å². The maximum atomic E-state index is 11.2. The number of nitrogens with zero attached hydrogens (tertiary/aromatic N) is 1. The van der Waals surface area contributed by atoms with Gasteiger partial charge in [0, 0.05) is 20.1 Å². The van der Waals surface area contributed by atoms with Crippen LogP contribution in [0.15, 0.2) is 66.7 Å². The second kappa shape index (κ2) is 12.2. The Kier molecular flexibility index (Phi) is 8.79. The number of hydrogen-bond acceptors (Lipinski definition) is 4. The number of carbonyl (C=O) groups is 1. The molecule has 0 heterocycles. The van der Waals surface area contributed by atoms with Gasteiger partial charge in [0.25, 0.3) is 0 Å². The molecule has 0 saturated heterocycles. The van der Waals surface area contributed by atoms with Crippen LogP contribution in [0.4, 0.5) is 0 Å². The number of rotatable bonds is 11. The Labute approximate surface area is 214 Å². The Morgan fingerprint density at radius 3 is 2.42 bits per heavy atom. The Hall–Kier alpha value is -3.15. The lowest BCUT2D eigenvalue weighted by atomic mass is 9.92. The summed E-state index contributed by atoms with van der Waals surface area (Å²) >= 11 is 0. The number of methoxy groups -OCH3 is 1. The van der Waals surface area contributed by atoms with Gasteiger partial charge in [0.05, 0.1) is 6.04 Å². The van der Waals surface area contributed by atoms with Crippen molar-refractivity contribution in [3.63, 3.8) is 0 Å². The van der Waals surface area contributed by atoms with Crippen LogP contribution in [0.5, 0.6) is 5.75 Å². The summed E-state index contributed by atoms with van der Waals surface area (Å²) in [5, 5.41) is 9.19. The second-order valence-electron chi connectivity index (χ2n) is 9.62. The van der Waals surface area contributed by atoms with Crippen LogP contribution in [-0.2, 0) is 35.2 Å². The van der Waals surface area contributed by atoms with Gasteiger partial charge in [0.1, 0.15) is 12.4 Å². The van der Waals surface area contributed by atoms with E-state index in [2.05, 4.69) is 61.3 Å². The molecule has 3 aromatic rings. The maximum Gasteiger partial charge on any atom is 0.333 e. The molecule has 190 valence electrons. The van der Waals surface area contributed by atoms with Crippen LogP contribution in [-0.4, -0.2) is 49.4 Å². The monoisotopic (exact) mass is 487 g/mol. The van der Waals surface area contributed by atoms with Gasteiger partial charge >= 0.3 is 5.97 Å². The zero-order valence-corrected chi connectivity index (χ0v) is 21.6. The quantitative estimate of drug-likeness (QED) is 0.388. The summed E-state index contributed by atoms with van der Waals surface area (Å²) in [6.07, 6.45) is 3.91. The Morgan fingerprint density at radius 2 is 1.69 bits per heavy atom. The molecule has 0 amide bonds. The van der Waals surface area contributed by atoms with Crippen LogP contribution in [0.2, 0.25) is 0 Å². The number of ether oxygens (including phenoxy) is 2. The van der Waals surface area contributed by atoms with E-state index < -0.39 is 12.1 Å². The SMILES string of the molecule is CCCc1ccc2c(c1)CCc1ccccc1C2N(C)CCOc1ccc(CC(OC)C(=O)O)cc1. The Morgan fingerprint density at radius 1 is 1.00 bits per heavy atom. The van der Waals surface area contributed by atoms with Crippen molar-refractivity contribution in [1.82, 2.24) is 4.90 Å². The largest absolute Gasteiger partial charge is 0.492 e. The topological polar surface area (TPSA) is 59.0 Å². The highest BCUT2D eigenvalue weighted by molar-refractivity contribution is 5.72. The van der Waals surface area contributed by atoms with Gasteiger partial charge in [-0.15, -0.1) is 0 Å². The predicted molar refractivity (Wildman–Crippen MR) is 143 cm³/mol. The van der Waals surface area contributed by atoms with Gasteiger partial charge in [0.15, 0.2) is 6.10 Å². The fourth-order valence-corrected chi connectivity index (χ4v) is 5.17. The lowest BCUT2D eigenvalue weighted by molar-refractivity contribution is -0.148. The minimum absolute atomic E-state index is 0.197. The second-order valence-corrected chi connectivity index (χ2v) is 9.62. The summed E-state index contributed by atoms with van der Waals surface area (Å²) in [6.45, 7) is 3.58. The normalized spacial score (nSPS) is 15.6. The van der Waals surface area contributed by atoms with Gasteiger partial charge in [-0.25, -0.2) is 4.79 Å². The molecule has 0 aliphatic heterocycles. The molecule has 1 aliphatic carbocycles. The van der Waals surface area contributed by atoms with Gasteiger partial charge in [-0.05, 0) is 71.8 Å². The molecule has 4 rings (SSSR count).